The zero-order valence-electron chi connectivity index (χ0n) is 44.1. The van der Waals surface area contributed by atoms with Crippen molar-refractivity contribution in [3.05, 3.63) is 138 Å². The number of carbonyl (C=O) groups is 8. The van der Waals surface area contributed by atoms with E-state index in [4.69, 9.17) is 17.2 Å². The van der Waals surface area contributed by atoms with E-state index in [1.165, 1.54) is 12.1 Å². The van der Waals surface area contributed by atoms with Gasteiger partial charge in [0.15, 0.2) is 0 Å². The summed E-state index contributed by atoms with van der Waals surface area (Å²) in [5.74, 6) is -7.43. The van der Waals surface area contributed by atoms with E-state index < -0.39 is 102 Å². The molecular weight excluding hydrogens is 1030 g/mol. The molecule has 0 saturated carbocycles. The number of thioether (sulfide) groups is 1. The van der Waals surface area contributed by atoms with Crippen molar-refractivity contribution in [3.8, 4) is 5.75 Å². The summed E-state index contributed by atoms with van der Waals surface area (Å²) in [6, 6.07) is 19.1. The second-order valence-corrected chi connectivity index (χ2v) is 21.2. The van der Waals surface area contributed by atoms with E-state index in [0.717, 1.165) is 39.1 Å². The summed E-state index contributed by atoms with van der Waals surface area (Å²) < 4.78 is 0. The van der Waals surface area contributed by atoms with Gasteiger partial charge in [0.2, 0.25) is 47.3 Å². The molecule has 1 saturated heterocycles. The number of rotatable bonds is 18. The molecule has 21 nitrogen and oxygen atoms in total. The average molecular weight is 1100 g/mol. The minimum absolute atomic E-state index is 0.0140. The van der Waals surface area contributed by atoms with Crippen LogP contribution in [0.1, 0.15) is 55.4 Å². The van der Waals surface area contributed by atoms with E-state index in [9.17, 15) is 43.5 Å². The fourth-order valence-corrected chi connectivity index (χ4v) is 10.4. The van der Waals surface area contributed by atoms with Crippen LogP contribution in [0.3, 0.4) is 0 Å². The lowest BCUT2D eigenvalue weighted by Gasteiger charge is -2.28. The number of amides is 8. The smallest absolute Gasteiger partial charge is 0.244 e. The predicted octanol–water partition coefficient (Wildman–Crippen LogP) is 1.36. The fourth-order valence-electron chi connectivity index (χ4n) is 9.36. The molecule has 1 aliphatic heterocycles. The van der Waals surface area contributed by atoms with E-state index in [1.54, 1.807) is 62.6 Å². The molecule has 8 amide bonds. The lowest BCUT2D eigenvalue weighted by atomic mass is 10.00. The monoisotopic (exact) mass is 1100 g/mol. The summed E-state index contributed by atoms with van der Waals surface area (Å²) in [7, 11) is 0. The maximum Gasteiger partial charge on any atom is 0.244 e. The second kappa shape index (κ2) is 27.9. The van der Waals surface area contributed by atoms with Crippen molar-refractivity contribution in [3.63, 3.8) is 0 Å². The third-order valence-electron chi connectivity index (χ3n) is 13.8. The van der Waals surface area contributed by atoms with Crippen LogP contribution in [-0.4, -0.2) is 129 Å². The minimum atomic E-state index is -1.44. The van der Waals surface area contributed by atoms with Gasteiger partial charge >= 0.3 is 0 Å². The Morgan fingerprint density at radius 2 is 1.23 bits per heavy atom. The normalized spacial score (nSPS) is 20.8. The molecule has 1 fully saturated rings. The lowest BCUT2D eigenvalue weighted by Crippen LogP contribution is -2.61. The van der Waals surface area contributed by atoms with Crippen LogP contribution in [0.5, 0.6) is 5.75 Å². The van der Waals surface area contributed by atoms with Crippen LogP contribution in [-0.2, 0) is 64.0 Å². The number of primary amides is 1. The number of benzene rings is 4. The SMILES string of the molecule is CC(C)[C@@H]1NC(=O)[C@H](CCCCN)NC(=O)[C@@H](Cc2c[nH]c3ccccc23)NC(=O)[C@H](Cc2ccc(O)cc2)NC(=O)[C@@H](NC(=O)[C@H](N)Cc2ccccc2)CSC[C@@H](C(=O)N[C@@H](Cc2c[nH]c3ccccc23)C(N)=O)NC1=O. The summed E-state index contributed by atoms with van der Waals surface area (Å²) in [6.45, 7) is 3.66. The number of nitrogens with one attached hydrogen (secondary N) is 9. The van der Waals surface area contributed by atoms with Gasteiger partial charge in [0.25, 0.3) is 0 Å². The predicted molar refractivity (Wildman–Crippen MR) is 302 cm³/mol. The quantitative estimate of drug-likeness (QED) is 0.0543. The average Bonchev–Trinajstić information content (AvgIpc) is 4.06. The highest BCUT2D eigenvalue weighted by Gasteiger charge is 2.37. The molecule has 2 aromatic heterocycles. The summed E-state index contributed by atoms with van der Waals surface area (Å²) in [5.41, 5.74) is 22.4. The molecule has 22 heteroatoms. The van der Waals surface area contributed by atoms with Crippen LogP contribution < -0.4 is 54.4 Å². The van der Waals surface area contributed by atoms with Gasteiger partial charge in [0.1, 0.15) is 48.0 Å². The number of H-pyrrole nitrogens is 2. The first-order chi connectivity index (χ1) is 38.0. The van der Waals surface area contributed by atoms with Gasteiger partial charge < -0.3 is 69.5 Å². The summed E-state index contributed by atoms with van der Waals surface area (Å²) in [5, 5.41) is 31.2. The molecule has 0 spiro atoms. The van der Waals surface area contributed by atoms with Gasteiger partial charge in [-0.3, -0.25) is 38.4 Å². The van der Waals surface area contributed by atoms with Crippen molar-refractivity contribution in [1.82, 2.24) is 47.2 Å². The first-order valence-electron chi connectivity index (χ1n) is 26.3. The number of aromatic hydroxyl groups is 1. The first kappa shape index (κ1) is 58.5. The molecule has 418 valence electrons. The van der Waals surface area contributed by atoms with Crippen molar-refractivity contribution in [1.29, 1.82) is 0 Å². The van der Waals surface area contributed by atoms with Crippen molar-refractivity contribution in [2.75, 3.05) is 18.1 Å². The number of carbonyl (C=O) groups excluding carboxylic acids is 8. The Morgan fingerprint density at radius 1 is 0.646 bits per heavy atom. The highest BCUT2D eigenvalue weighted by molar-refractivity contribution is 7.99. The zero-order chi connectivity index (χ0) is 56.6. The van der Waals surface area contributed by atoms with E-state index >= 15 is 0 Å². The van der Waals surface area contributed by atoms with Crippen LogP contribution in [0.4, 0.5) is 0 Å². The minimum Gasteiger partial charge on any atom is -0.508 e. The van der Waals surface area contributed by atoms with Crippen molar-refractivity contribution in [2.45, 2.75) is 107 Å². The molecule has 1 aliphatic rings. The number of aromatic nitrogens is 2. The van der Waals surface area contributed by atoms with Crippen LogP contribution in [0.25, 0.3) is 21.8 Å². The number of unbranched alkanes of at least 4 members (excludes halogenated alkanes) is 1. The Hall–Kier alpha value is -8.21. The van der Waals surface area contributed by atoms with Gasteiger partial charge in [-0.2, -0.15) is 11.8 Å². The number of aromatic amines is 2. The van der Waals surface area contributed by atoms with Crippen molar-refractivity contribution >= 4 is 80.8 Å². The van der Waals surface area contributed by atoms with E-state index in [2.05, 4.69) is 47.2 Å². The van der Waals surface area contributed by atoms with Crippen LogP contribution in [0.15, 0.2) is 116 Å². The number of para-hydroxylation sites is 2. The fraction of sp³-hybridized carbons (Fsp3) is 0.368. The van der Waals surface area contributed by atoms with Gasteiger partial charge in [-0.15, -0.1) is 0 Å². The third-order valence-corrected chi connectivity index (χ3v) is 14.9. The molecule has 16 N–H and O–H groups in total. The van der Waals surface area contributed by atoms with E-state index in [0.29, 0.717) is 29.5 Å². The van der Waals surface area contributed by atoms with Gasteiger partial charge in [0.05, 0.1) is 6.04 Å². The molecule has 4 aromatic carbocycles. The van der Waals surface area contributed by atoms with Crippen molar-refractivity contribution in [2.24, 2.45) is 23.1 Å². The largest absolute Gasteiger partial charge is 0.508 e. The van der Waals surface area contributed by atoms with E-state index in [1.807, 2.05) is 54.6 Å². The van der Waals surface area contributed by atoms with Gasteiger partial charge in [-0.25, -0.2) is 0 Å². The summed E-state index contributed by atoms with van der Waals surface area (Å²) in [4.78, 5) is 122. The summed E-state index contributed by atoms with van der Waals surface area (Å²) in [6.07, 6.45) is 4.24. The Bertz CT molecular complexity index is 3090. The molecule has 79 heavy (non-hydrogen) atoms. The van der Waals surface area contributed by atoms with Crippen LogP contribution >= 0.6 is 11.8 Å². The maximum atomic E-state index is 14.9. The van der Waals surface area contributed by atoms with E-state index in [-0.39, 0.29) is 55.9 Å². The highest BCUT2D eigenvalue weighted by Crippen LogP contribution is 2.22. The number of phenolic OH excluding ortho intramolecular Hbond substituents is 1. The number of phenols is 1. The zero-order valence-corrected chi connectivity index (χ0v) is 44.9. The second-order valence-electron chi connectivity index (χ2n) is 20.1. The van der Waals surface area contributed by atoms with Gasteiger partial charge in [-0.1, -0.05) is 92.7 Å². The molecule has 3 heterocycles. The highest BCUT2D eigenvalue weighted by atomic mass is 32.2. The number of nitrogens with two attached hydrogens (primary N) is 3. The Kier molecular flexibility index (Phi) is 20.7. The Balaban J connectivity index is 1.27. The Morgan fingerprint density at radius 3 is 1.87 bits per heavy atom. The lowest BCUT2D eigenvalue weighted by molar-refractivity contribution is -0.136. The third kappa shape index (κ3) is 16.2. The number of hydrogen-bond donors (Lipinski definition) is 13. The Labute approximate surface area is 461 Å². The van der Waals surface area contributed by atoms with Gasteiger partial charge in [-0.05, 0) is 84.7 Å². The molecule has 0 aliphatic carbocycles. The molecule has 0 radical (unpaired) electrons. The topological polar surface area (TPSA) is 351 Å². The van der Waals surface area contributed by atoms with Crippen LogP contribution in [0.2, 0.25) is 0 Å². The summed E-state index contributed by atoms with van der Waals surface area (Å²) >= 11 is 0.987. The van der Waals surface area contributed by atoms with Crippen LogP contribution in [0, 0.1) is 5.92 Å². The molecule has 7 rings (SSSR count). The molecule has 0 unspecified atom stereocenters. The number of hydrogen-bond acceptors (Lipinski definition) is 12. The molecule has 8 atom stereocenters. The molecule has 0 bridgehead atoms. The standard InChI is InChI=1S/C57H70N12O9S/c1-32(2)49-57(78)68-48(55(76)64-44(50(60)71)26-35-28-61-41-16-8-6-14-38(35)41)31-79-30-47(67-51(72)40(59)24-33-12-4-3-5-13-33)56(77)65-45(25-34-19-21-37(70)22-20-34)53(74)66-46(27-36-29-62-42-17-9-7-15-39(36)42)54(75)63-43(52(73)69-49)18-10-11-23-58/h3-9,12-17,19-22,28-29,32,40,43-49,61-62,70H,10-11,18,23-27,30-31,58-59H2,1-2H3,(H2,60,71)(H,63,75)(H,64,76)(H,65,77)(H,66,74)(H,67,72)(H,68,78)(H,69,73)/t40-,43+,44+,45+,46-,47+,48+,49+/m1/s1. The van der Waals surface area contributed by atoms with Crippen molar-refractivity contribution < 1.29 is 43.5 Å². The molecular formula is C57H70N12O9S. The van der Waals surface area contributed by atoms with Gasteiger partial charge in [0, 0.05) is 65.0 Å². The number of fused-ring (bicyclic) bond motifs is 2. The maximum absolute atomic E-state index is 14.9. The molecule has 6 aromatic rings. The first-order valence-corrected chi connectivity index (χ1v) is 27.5.